The van der Waals surface area contributed by atoms with Gasteiger partial charge in [-0.05, 0) is 67.1 Å². The molecule has 2 aromatic rings. The Labute approximate surface area is 195 Å². The van der Waals surface area contributed by atoms with Gasteiger partial charge in [0.05, 0.1) is 11.1 Å². The third-order valence-corrected chi connectivity index (χ3v) is 7.30. The van der Waals surface area contributed by atoms with Crippen LogP contribution in [0.15, 0.2) is 36.4 Å². The average Bonchev–Trinajstić information content (AvgIpc) is 2.85. The zero-order valence-electron chi connectivity index (χ0n) is 20.0. The van der Waals surface area contributed by atoms with Crippen LogP contribution >= 0.6 is 0 Å². The minimum atomic E-state index is 0.411. The molecule has 0 radical (unpaired) electrons. The van der Waals surface area contributed by atoms with Crippen LogP contribution in [-0.2, 0) is 6.42 Å². The van der Waals surface area contributed by atoms with E-state index >= 15 is 0 Å². The summed E-state index contributed by atoms with van der Waals surface area (Å²) in [5.74, 6) is 1.25. The molecule has 1 fully saturated rings. The van der Waals surface area contributed by atoms with Gasteiger partial charge in [0.1, 0.15) is 12.1 Å². The third-order valence-electron chi connectivity index (χ3n) is 7.30. The molecule has 2 aromatic carbocycles. The third kappa shape index (κ3) is 6.01. The van der Waals surface area contributed by atoms with Crippen LogP contribution in [0.2, 0.25) is 0 Å². The lowest BCUT2D eigenvalue weighted by atomic mass is 9.75. The number of aryl methyl sites for hydroxylation is 1. The maximum atomic E-state index is 9.98. The van der Waals surface area contributed by atoms with Crippen LogP contribution in [0.5, 0.6) is 0 Å². The van der Waals surface area contributed by atoms with Crippen LogP contribution < -0.4 is 0 Å². The molecule has 0 N–H and O–H groups in total. The van der Waals surface area contributed by atoms with Crippen LogP contribution in [0, 0.1) is 28.6 Å². The normalized spacial score (nSPS) is 18.1. The summed E-state index contributed by atoms with van der Waals surface area (Å²) < 4.78 is 0. The largest absolute Gasteiger partial charge is 0.192 e. The summed E-state index contributed by atoms with van der Waals surface area (Å²) in [5.41, 5.74) is 5.52. The lowest BCUT2D eigenvalue weighted by molar-refractivity contribution is 0.304. The summed E-state index contributed by atoms with van der Waals surface area (Å²) in [6, 6.07) is 17.6. The van der Waals surface area contributed by atoms with Crippen molar-refractivity contribution in [2.75, 3.05) is 0 Å². The van der Waals surface area contributed by atoms with E-state index < -0.39 is 0 Å². The van der Waals surface area contributed by atoms with Crippen molar-refractivity contribution >= 4 is 0 Å². The fraction of sp³-hybridized carbons (Fsp3) is 0.533. The van der Waals surface area contributed by atoms with Gasteiger partial charge in [-0.2, -0.15) is 10.5 Å². The molecule has 0 aliphatic heterocycles. The van der Waals surface area contributed by atoms with E-state index in [1.54, 1.807) is 0 Å². The molecule has 2 nitrogen and oxygen atoms in total. The van der Waals surface area contributed by atoms with E-state index in [0.717, 1.165) is 41.9 Å². The smallest absolute Gasteiger partial charge is 0.101 e. The second-order valence-corrected chi connectivity index (χ2v) is 9.54. The van der Waals surface area contributed by atoms with Gasteiger partial charge in [0, 0.05) is 5.56 Å². The molecule has 168 valence electrons. The summed E-state index contributed by atoms with van der Waals surface area (Å²) in [6.45, 7) is 4.50. The SMILES string of the molecule is CCCCCCc1ccc(-c2ccc(C3CCC(CCCC)CC3)c(C#N)c2C#N)cc1. The van der Waals surface area contributed by atoms with Crippen molar-refractivity contribution in [3.63, 3.8) is 0 Å². The van der Waals surface area contributed by atoms with E-state index in [4.69, 9.17) is 0 Å². The van der Waals surface area contributed by atoms with Crippen LogP contribution in [0.1, 0.15) is 113 Å². The predicted octanol–water partition coefficient (Wildman–Crippen LogP) is 8.68. The fourth-order valence-corrected chi connectivity index (χ4v) is 5.30. The van der Waals surface area contributed by atoms with Crippen molar-refractivity contribution in [3.8, 4) is 23.3 Å². The van der Waals surface area contributed by atoms with Crippen molar-refractivity contribution in [1.82, 2.24) is 0 Å². The van der Waals surface area contributed by atoms with Gasteiger partial charge in [0.15, 0.2) is 0 Å². The van der Waals surface area contributed by atoms with Gasteiger partial charge in [-0.1, -0.05) is 88.8 Å². The summed E-state index contributed by atoms with van der Waals surface area (Å²) in [7, 11) is 0. The lowest BCUT2D eigenvalue weighted by Gasteiger charge is -2.29. The number of benzene rings is 2. The van der Waals surface area contributed by atoms with Gasteiger partial charge in [0.25, 0.3) is 0 Å². The highest BCUT2D eigenvalue weighted by Gasteiger charge is 2.26. The Bertz CT molecular complexity index is 935. The standard InChI is InChI=1S/C30H38N2/c1-3-5-7-8-10-24-13-17-26(18-14-24)28-20-19-27(29(21-31)30(28)22-32)25-15-11-23(12-16-25)9-6-4-2/h13-14,17-20,23,25H,3-12,15-16H2,1-2H3. The van der Waals surface area contributed by atoms with Crippen LogP contribution in [0.4, 0.5) is 0 Å². The Kier molecular flexibility index (Phi) is 9.37. The first-order valence-corrected chi connectivity index (χ1v) is 12.8. The molecule has 0 saturated heterocycles. The summed E-state index contributed by atoms with van der Waals surface area (Å²) >= 11 is 0. The van der Waals surface area contributed by atoms with Gasteiger partial charge >= 0.3 is 0 Å². The molecule has 0 unspecified atom stereocenters. The van der Waals surface area contributed by atoms with Gasteiger partial charge in [-0.15, -0.1) is 0 Å². The topological polar surface area (TPSA) is 47.6 Å². The molecular formula is C30H38N2. The second-order valence-electron chi connectivity index (χ2n) is 9.54. The first kappa shape index (κ1) is 24.1. The van der Waals surface area contributed by atoms with E-state index in [1.165, 1.54) is 63.4 Å². The minimum Gasteiger partial charge on any atom is -0.192 e. The number of nitrogens with zero attached hydrogens (tertiary/aromatic N) is 2. The van der Waals surface area contributed by atoms with Gasteiger partial charge in [-0.25, -0.2) is 0 Å². The van der Waals surface area contributed by atoms with Crippen molar-refractivity contribution in [3.05, 3.63) is 58.7 Å². The van der Waals surface area contributed by atoms with E-state index in [-0.39, 0.29) is 0 Å². The minimum absolute atomic E-state index is 0.411. The quantitative estimate of drug-likeness (QED) is 0.357. The molecule has 0 amide bonds. The van der Waals surface area contributed by atoms with Crippen LogP contribution in [0.3, 0.4) is 0 Å². The molecule has 0 spiro atoms. The first-order chi connectivity index (χ1) is 15.7. The molecule has 1 aliphatic rings. The van der Waals surface area contributed by atoms with Crippen LogP contribution in [0.25, 0.3) is 11.1 Å². The zero-order valence-corrected chi connectivity index (χ0v) is 20.0. The van der Waals surface area contributed by atoms with Crippen molar-refractivity contribution < 1.29 is 0 Å². The molecule has 1 aliphatic carbocycles. The van der Waals surface area contributed by atoms with Gasteiger partial charge in [-0.3, -0.25) is 0 Å². The summed E-state index contributed by atoms with van der Waals surface area (Å²) in [4.78, 5) is 0. The molecule has 0 heterocycles. The highest BCUT2D eigenvalue weighted by molar-refractivity contribution is 5.75. The van der Waals surface area contributed by atoms with Gasteiger partial charge < -0.3 is 0 Å². The van der Waals surface area contributed by atoms with Crippen LogP contribution in [-0.4, -0.2) is 0 Å². The first-order valence-electron chi connectivity index (χ1n) is 12.8. The number of hydrogen-bond donors (Lipinski definition) is 0. The van der Waals surface area contributed by atoms with E-state index in [0.29, 0.717) is 17.0 Å². The maximum absolute atomic E-state index is 9.98. The highest BCUT2D eigenvalue weighted by atomic mass is 14.3. The van der Waals surface area contributed by atoms with Crippen molar-refractivity contribution in [1.29, 1.82) is 10.5 Å². The molecule has 32 heavy (non-hydrogen) atoms. The van der Waals surface area contributed by atoms with E-state index in [1.807, 2.05) is 0 Å². The predicted molar refractivity (Wildman–Crippen MR) is 133 cm³/mol. The number of nitriles is 2. The Morgan fingerprint density at radius 3 is 2.06 bits per heavy atom. The number of unbranched alkanes of at least 4 members (excludes halogenated alkanes) is 4. The summed E-state index contributed by atoms with van der Waals surface area (Å²) in [5, 5.41) is 20.0. The Hall–Kier alpha value is -2.58. The molecule has 3 rings (SSSR count). The maximum Gasteiger partial charge on any atom is 0.101 e. The molecular weight excluding hydrogens is 388 g/mol. The van der Waals surface area contributed by atoms with Crippen molar-refractivity contribution in [2.24, 2.45) is 5.92 Å². The fourth-order valence-electron chi connectivity index (χ4n) is 5.30. The van der Waals surface area contributed by atoms with Gasteiger partial charge in [0.2, 0.25) is 0 Å². The molecule has 1 saturated carbocycles. The van der Waals surface area contributed by atoms with E-state index in [2.05, 4.69) is 62.4 Å². The Morgan fingerprint density at radius 2 is 1.44 bits per heavy atom. The molecule has 0 atom stereocenters. The number of rotatable bonds is 10. The summed E-state index contributed by atoms with van der Waals surface area (Å²) in [6.07, 6.45) is 14.9. The zero-order chi connectivity index (χ0) is 22.8. The highest BCUT2D eigenvalue weighted by Crippen LogP contribution is 2.41. The number of hydrogen-bond acceptors (Lipinski definition) is 2. The second kappa shape index (κ2) is 12.5. The molecule has 0 aromatic heterocycles. The molecule has 0 bridgehead atoms. The Morgan fingerprint density at radius 1 is 0.750 bits per heavy atom. The molecule has 2 heteroatoms. The Balaban J connectivity index is 1.77. The lowest BCUT2D eigenvalue weighted by Crippen LogP contribution is -2.15. The average molecular weight is 427 g/mol. The van der Waals surface area contributed by atoms with Crippen molar-refractivity contribution in [2.45, 2.75) is 96.8 Å². The van der Waals surface area contributed by atoms with E-state index in [9.17, 15) is 10.5 Å². The monoisotopic (exact) mass is 426 g/mol.